The highest BCUT2D eigenvalue weighted by molar-refractivity contribution is 5.97. The Morgan fingerprint density at radius 2 is 1.96 bits per heavy atom. The minimum absolute atomic E-state index is 0.106. The van der Waals surface area contributed by atoms with Crippen LogP contribution in [-0.4, -0.2) is 32.8 Å². The van der Waals surface area contributed by atoms with Crippen molar-refractivity contribution in [1.82, 2.24) is 15.1 Å². The van der Waals surface area contributed by atoms with Crippen molar-refractivity contribution in [3.63, 3.8) is 0 Å². The minimum Gasteiger partial charge on any atom is -0.480 e. The lowest BCUT2D eigenvalue weighted by Gasteiger charge is -2.16. The Hall–Kier alpha value is -2.84. The maximum atomic E-state index is 13.6. The number of carbonyl (C=O) groups is 2. The van der Waals surface area contributed by atoms with Gasteiger partial charge in [-0.1, -0.05) is 31.5 Å². The van der Waals surface area contributed by atoms with Gasteiger partial charge in [0.15, 0.2) is 5.69 Å². The number of aromatic nitrogens is 2. The summed E-state index contributed by atoms with van der Waals surface area (Å²) < 4.78 is 41.5. The molecule has 1 unspecified atom stereocenters. The second kappa shape index (κ2) is 7.59. The number of benzene rings is 1. The zero-order valence-electron chi connectivity index (χ0n) is 14.2. The van der Waals surface area contributed by atoms with Crippen molar-refractivity contribution in [3.8, 4) is 5.69 Å². The first-order valence-electron chi connectivity index (χ1n) is 7.91. The molecule has 0 saturated carbocycles. The average molecular weight is 369 g/mol. The molecule has 1 aromatic carbocycles. The van der Waals surface area contributed by atoms with Crippen molar-refractivity contribution in [1.29, 1.82) is 0 Å². The number of amides is 1. The zero-order chi connectivity index (χ0) is 19.5. The summed E-state index contributed by atoms with van der Waals surface area (Å²) in [5, 5.41) is 14.9. The monoisotopic (exact) mass is 369 g/mol. The lowest BCUT2D eigenvalue weighted by Crippen LogP contribution is -2.41. The molecule has 26 heavy (non-hydrogen) atoms. The highest BCUT2D eigenvalue weighted by atomic mass is 19.4. The second-order valence-corrected chi connectivity index (χ2v) is 5.76. The molecule has 2 N–H and O–H groups in total. The molecule has 1 aromatic heterocycles. The van der Waals surface area contributed by atoms with E-state index < -0.39 is 35.4 Å². The van der Waals surface area contributed by atoms with Crippen molar-refractivity contribution in [2.45, 2.75) is 38.9 Å². The van der Waals surface area contributed by atoms with Crippen LogP contribution >= 0.6 is 0 Å². The number of aryl methyl sites for hydroxylation is 1. The van der Waals surface area contributed by atoms with Crippen LogP contribution in [0.4, 0.5) is 13.2 Å². The molecular formula is C17H18F3N3O3. The van der Waals surface area contributed by atoms with Crippen LogP contribution in [0.2, 0.25) is 0 Å². The minimum atomic E-state index is -4.85. The molecule has 1 amide bonds. The molecular weight excluding hydrogens is 351 g/mol. The number of alkyl halides is 3. The molecule has 0 bridgehead atoms. The van der Waals surface area contributed by atoms with E-state index in [-0.39, 0.29) is 12.1 Å². The Kier molecular flexibility index (Phi) is 5.69. The van der Waals surface area contributed by atoms with E-state index in [1.54, 1.807) is 32.0 Å². The molecule has 0 spiro atoms. The number of hydrogen-bond acceptors (Lipinski definition) is 3. The Bertz CT molecular complexity index is 815. The topological polar surface area (TPSA) is 84.2 Å². The first-order valence-corrected chi connectivity index (χ1v) is 7.91. The van der Waals surface area contributed by atoms with Gasteiger partial charge in [0.1, 0.15) is 6.04 Å². The first-order chi connectivity index (χ1) is 12.2. The average Bonchev–Trinajstić information content (AvgIpc) is 3.00. The van der Waals surface area contributed by atoms with E-state index >= 15 is 0 Å². The number of para-hydroxylation sites is 1. The predicted octanol–water partition coefficient (Wildman–Crippen LogP) is 3.18. The van der Waals surface area contributed by atoms with E-state index in [9.17, 15) is 22.8 Å². The maximum Gasteiger partial charge on any atom is 0.434 e. The van der Waals surface area contributed by atoms with Crippen LogP contribution in [0.1, 0.15) is 41.4 Å². The second-order valence-electron chi connectivity index (χ2n) is 5.76. The van der Waals surface area contributed by atoms with Gasteiger partial charge in [-0.2, -0.15) is 18.3 Å². The number of carbonyl (C=O) groups excluding carboxylic acids is 1. The third kappa shape index (κ3) is 4.04. The van der Waals surface area contributed by atoms with Gasteiger partial charge in [-0.25, -0.2) is 9.48 Å². The van der Waals surface area contributed by atoms with E-state index in [4.69, 9.17) is 5.11 Å². The van der Waals surface area contributed by atoms with Gasteiger partial charge in [0.05, 0.1) is 17.4 Å². The fraction of sp³-hybridized carbons (Fsp3) is 0.353. The van der Waals surface area contributed by atoms with Gasteiger partial charge < -0.3 is 10.4 Å². The van der Waals surface area contributed by atoms with E-state index in [2.05, 4.69) is 10.4 Å². The fourth-order valence-electron chi connectivity index (χ4n) is 2.55. The lowest BCUT2D eigenvalue weighted by molar-refractivity contribution is -0.143. The lowest BCUT2D eigenvalue weighted by atomic mass is 10.1. The van der Waals surface area contributed by atoms with E-state index in [0.29, 0.717) is 16.7 Å². The summed E-state index contributed by atoms with van der Waals surface area (Å²) >= 11 is 0. The van der Waals surface area contributed by atoms with Gasteiger partial charge in [-0.3, -0.25) is 4.79 Å². The number of nitrogens with one attached hydrogen (secondary N) is 1. The number of aliphatic carboxylic acids is 1. The van der Waals surface area contributed by atoms with E-state index in [1.165, 1.54) is 6.07 Å². The summed E-state index contributed by atoms with van der Waals surface area (Å²) in [4.78, 5) is 23.5. The van der Waals surface area contributed by atoms with E-state index in [0.717, 1.165) is 6.20 Å². The van der Waals surface area contributed by atoms with Gasteiger partial charge in [-0.15, -0.1) is 0 Å². The Labute approximate surface area is 147 Å². The number of hydrogen-bond donors (Lipinski definition) is 2. The van der Waals surface area contributed by atoms with Crippen molar-refractivity contribution < 1.29 is 27.9 Å². The Morgan fingerprint density at radius 3 is 2.50 bits per heavy atom. The van der Waals surface area contributed by atoms with Crippen LogP contribution in [0.25, 0.3) is 5.69 Å². The molecule has 0 aliphatic rings. The summed E-state index contributed by atoms with van der Waals surface area (Å²) in [6, 6.07) is 5.04. The quantitative estimate of drug-likeness (QED) is 0.819. The van der Waals surface area contributed by atoms with Crippen LogP contribution < -0.4 is 5.32 Å². The molecule has 0 saturated heterocycles. The van der Waals surface area contributed by atoms with Crippen LogP contribution in [0.5, 0.6) is 0 Å². The van der Waals surface area contributed by atoms with Crippen LogP contribution in [0.3, 0.4) is 0 Å². The highest BCUT2D eigenvalue weighted by Crippen LogP contribution is 2.34. The third-order valence-electron chi connectivity index (χ3n) is 3.81. The van der Waals surface area contributed by atoms with Gasteiger partial charge in [-0.05, 0) is 25.0 Å². The highest BCUT2D eigenvalue weighted by Gasteiger charge is 2.41. The molecule has 0 fully saturated rings. The molecule has 1 atom stereocenters. The zero-order valence-corrected chi connectivity index (χ0v) is 14.2. The fourth-order valence-corrected chi connectivity index (χ4v) is 2.55. The molecule has 9 heteroatoms. The molecule has 2 aromatic rings. The summed E-state index contributed by atoms with van der Waals surface area (Å²) in [6.45, 7) is 3.33. The number of nitrogens with zero attached hydrogens (tertiary/aromatic N) is 2. The summed E-state index contributed by atoms with van der Waals surface area (Å²) in [5.74, 6) is -2.43. The van der Waals surface area contributed by atoms with Gasteiger partial charge in [0, 0.05) is 0 Å². The number of rotatable bonds is 6. The first kappa shape index (κ1) is 19.5. The number of carboxylic acids is 1. The SMILES string of the molecule is CCCC(NC(=O)c1cnn(-c2ccccc2C)c1C(F)(F)F)C(=O)O. The standard InChI is InChI=1S/C17H18F3N3O3/c1-3-6-12(16(25)26)22-15(24)11-9-21-23(14(11)17(18,19)20)13-8-5-4-7-10(13)2/h4-5,7-9,12H,3,6H2,1-2H3,(H,22,24)(H,25,26). The van der Waals surface area contributed by atoms with Gasteiger partial charge in [0.25, 0.3) is 5.91 Å². The summed E-state index contributed by atoms with van der Waals surface area (Å²) in [7, 11) is 0. The summed E-state index contributed by atoms with van der Waals surface area (Å²) in [6.07, 6.45) is -3.50. The molecule has 0 aliphatic heterocycles. The molecule has 2 rings (SSSR count). The van der Waals surface area contributed by atoms with Crippen molar-refractivity contribution in [2.75, 3.05) is 0 Å². The van der Waals surface area contributed by atoms with E-state index in [1.807, 2.05) is 0 Å². The van der Waals surface area contributed by atoms with Gasteiger partial charge >= 0.3 is 12.1 Å². The van der Waals surface area contributed by atoms with Gasteiger partial charge in [0.2, 0.25) is 0 Å². The van der Waals surface area contributed by atoms with Crippen molar-refractivity contribution >= 4 is 11.9 Å². The Balaban J connectivity index is 2.49. The number of carboxylic acid groups (broad SMARTS) is 1. The predicted molar refractivity (Wildman–Crippen MR) is 87.1 cm³/mol. The molecule has 1 heterocycles. The van der Waals surface area contributed by atoms with Crippen LogP contribution in [0.15, 0.2) is 30.5 Å². The molecule has 6 nitrogen and oxygen atoms in total. The van der Waals surface area contributed by atoms with Crippen molar-refractivity contribution in [3.05, 3.63) is 47.3 Å². The normalized spacial score (nSPS) is 12.7. The van der Waals surface area contributed by atoms with Crippen LogP contribution in [-0.2, 0) is 11.0 Å². The summed E-state index contributed by atoms with van der Waals surface area (Å²) in [5.41, 5.74) is -1.24. The largest absolute Gasteiger partial charge is 0.480 e. The third-order valence-corrected chi connectivity index (χ3v) is 3.81. The van der Waals surface area contributed by atoms with Crippen molar-refractivity contribution in [2.24, 2.45) is 0 Å². The smallest absolute Gasteiger partial charge is 0.434 e. The molecule has 0 radical (unpaired) electrons. The van der Waals surface area contributed by atoms with Crippen LogP contribution in [0, 0.1) is 6.92 Å². The maximum absolute atomic E-state index is 13.6. The molecule has 140 valence electrons. The molecule has 0 aliphatic carbocycles. The number of halogens is 3. The Morgan fingerprint density at radius 1 is 1.31 bits per heavy atom.